The van der Waals surface area contributed by atoms with Crippen LogP contribution in [0.2, 0.25) is 0 Å². The van der Waals surface area contributed by atoms with Crippen molar-refractivity contribution in [3.63, 3.8) is 0 Å². The van der Waals surface area contributed by atoms with Gasteiger partial charge in [-0.05, 0) is 19.9 Å². The van der Waals surface area contributed by atoms with Gasteiger partial charge in [-0.15, -0.1) is 0 Å². The first-order chi connectivity index (χ1) is 6.72. The molecule has 0 aliphatic carbocycles. The van der Waals surface area contributed by atoms with Crippen molar-refractivity contribution < 1.29 is 0 Å². The summed E-state index contributed by atoms with van der Waals surface area (Å²) in [5.41, 5.74) is 1.28. The molecule has 0 rings (SSSR count). The van der Waals surface area contributed by atoms with Gasteiger partial charge < -0.3 is 5.32 Å². The molecule has 0 aromatic rings. The second-order valence-corrected chi connectivity index (χ2v) is 4.16. The van der Waals surface area contributed by atoms with Gasteiger partial charge in [0.15, 0.2) is 0 Å². The Hall–Kier alpha value is -0.300. The summed E-state index contributed by atoms with van der Waals surface area (Å²) in [5.74, 6) is 0. The summed E-state index contributed by atoms with van der Waals surface area (Å²) >= 11 is 0. The molecular formula is C13H27N. The molecule has 0 heterocycles. The number of rotatable bonds is 9. The van der Waals surface area contributed by atoms with Gasteiger partial charge in [0.25, 0.3) is 0 Å². The highest BCUT2D eigenvalue weighted by molar-refractivity contribution is 5.00. The summed E-state index contributed by atoms with van der Waals surface area (Å²) in [4.78, 5) is 0. The van der Waals surface area contributed by atoms with Gasteiger partial charge in [-0.2, -0.15) is 0 Å². The van der Waals surface area contributed by atoms with Gasteiger partial charge in [0.05, 0.1) is 0 Å². The van der Waals surface area contributed by atoms with Crippen molar-refractivity contribution >= 4 is 0 Å². The smallest absolute Gasteiger partial charge is 0.0273 e. The molecule has 0 aliphatic heterocycles. The Bertz CT molecular complexity index is 140. The van der Waals surface area contributed by atoms with Gasteiger partial charge in [-0.3, -0.25) is 0 Å². The number of unbranched alkanes of at least 4 members (excludes halogenated alkanes) is 4. The van der Waals surface area contributed by atoms with Crippen LogP contribution in [-0.4, -0.2) is 12.6 Å². The van der Waals surface area contributed by atoms with E-state index >= 15 is 0 Å². The number of hydrogen-bond acceptors (Lipinski definition) is 1. The minimum Gasteiger partial charge on any atom is -0.311 e. The first-order valence-electron chi connectivity index (χ1n) is 6.11. The summed E-state index contributed by atoms with van der Waals surface area (Å²) < 4.78 is 0. The summed E-state index contributed by atoms with van der Waals surface area (Å²) in [5, 5.41) is 3.47. The molecule has 0 aromatic heterocycles. The van der Waals surface area contributed by atoms with Crippen LogP contribution in [0.3, 0.4) is 0 Å². The van der Waals surface area contributed by atoms with Gasteiger partial charge in [0.2, 0.25) is 0 Å². The van der Waals surface area contributed by atoms with E-state index in [1.54, 1.807) is 0 Å². The van der Waals surface area contributed by atoms with Crippen molar-refractivity contribution in [3.8, 4) is 0 Å². The number of likely N-dealkylation sites (N-methyl/N-ethyl adjacent to an activating group) is 1. The van der Waals surface area contributed by atoms with Crippen molar-refractivity contribution in [3.05, 3.63) is 12.2 Å². The van der Waals surface area contributed by atoms with E-state index in [0.717, 1.165) is 6.54 Å². The molecule has 1 N–H and O–H groups in total. The lowest BCUT2D eigenvalue weighted by molar-refractivity contribution is 0.508. The highest BCUT2D eigenvalue weighted by atomic mass is 14.9. The molecule has 0 amide bonds. The van der Waals surface area contributed by atoms with Crippen LogP contribution in [0.5, 0.6) is 0 Å². The van der Waals surface area contributed by atoms with Crippen molar-refractivity contribution in [2.75, 3.05) is 6.54 Å². The molecule has 0 radical (unpaired) electrons. The van der Waals surface area contributed by atoms with Crippen LogP contribution in [-0.2, 0) is 0 Å². The Balaban J connectivity index is 3.46. The Morgan fingerprint density at radius 3 is 2.29 bits per heavy atom. The molecule has 14 heavy (non-hydrogen) atoms. The predicted molar refractivity (Wildman–Crippen MR) is 65.7 cm³/mol. The molecule has 0 aromatic carbocycles. The first kappa shape index (κ1) is 13.7. The molecule has 1 atom stereocenters. The van der Waals surface area contributed by atoms with Crippen LogP contribution in [0, 0.1) is 0 Å². The third kappa shape index (κ3) is 7.14. The Labute approximate surface area is 90.0 Å². The molecule has 1 nitrogen and oxygen atoms in total. The molecule has 1 heteroatoms. The first-order valence-corrected chi connectivity index (χ1v) is 6.11. The van der Waals surface area contributed by atoms with E-state index in [9.17, 15) is 0 Å². The molecule has 0 aliphatic rings. The fourth-order valence-electron chi connectivity index (χ4n) is 1.72. The Morgan fingerprint density at radius 1 is 1.14 bits per heavy atom. The SMILES string of the molecule is C=C(C)C(CCCCCCC)NCC. The normalized spacial score (nSPS) is 12.8. The molecule has 0 bridgehead atoms. The van der Waals surface area contributed by atoms with E-state index in [-0.39, 0.29) is 0 Å². The zero-order chi connectivity index (χ0) is 10.8. The monoisotopic (exact) mass is 197 g/mol. The van der Waals surface area contributed by atoms with Crippen LogP contribution in [0.1, 0.15) is 59.3 Å². The molecular weight excluding hydrogens is 170 g/mol. The lowest BCUT2D eigenvalue weighted by Gasteiger charge is -2.17. The van der Waals surface area contributed by atoms with Crippen LogP contribution in [0.25, 0.3) is 0 Å². The van der Waals surface area contributed by atoms with Crippen LogP contribution < -0.4 is 5.32 Å². The van der Waals surface area contributed by atoms with Gasteiger partial charge >= 0.3 is 0 Å². The average molecular weight is 197 g/mol. The zero-order valence-electron chi connectivity index (χ0n) is 10.2. The third-order valence-corrected chi connectivity index (χ3v) is 2.64. The van der Waals surface area contributed by atoms with Crippen LogP contribution in [0.15, 0.2) is 12.2 Å². The lowest BCUT2D eigenvalue weighted by atomic mass is 10.0. The van der Waals surface area contributed by atoms with Gasteiger partial charge in [0.1, 0.15) is 0 Å². The second-order valence-electron chi connectivity index (χ2n) is 4.16. The van der Waals surface area contributed by atoms with E-state index in [1.165, 1.54) is 44.1 Å². The zero-order valence-corrected chi connectivity index (χ0v) is 10.2. The summed E-state index contributed by atoms with van der Waals surface area (Å²) in [7, 11) is 0. The predicted octanol–water partition coefficient (Wildman–Crippen LogP) is 3.90. The van der Waals surface area contributed by atoms with Crippen molar-refractivity contribution in [1.82, 2.24) is 5.32 Å². The van der Waals surface area contributed by atoms with Crippen molar-refractivity contribution in [2.45, 2.75) is 65.3 Å². The maximum absolute atomic E-state index is 4.03. The maximum Gasteiger partial charge on any atom is 0.0273 e. The van der Waals surface area contributed by atoms with E-state index in [1.807, 2.05) is 0 Å². The third-order valence-electron chi connectivity index (χ3n) is 2.64. The van der Waals surface area contributed by atoms with Crippen molar-refractivity contribution in [2.24, 2.45) is 0 Å². The fourth-order valence-corrected chi connectivity index (χ4v) is 1.72. The topological polar surface area (TPSA) is 12.0 Å². The standard InChI is InChI=1S/C13H27N/c1-5-7-8-9-10-11-13(12(3)4)14-6-2/h13-14H,3,5-11H2,1-2,4H3. The highest BCUT2D eigenvalue weighted by Crippen LogP contribution is 2.11. The molecule has 0 saturated heterocycles. The van der Waals surface area contributed by atoms with Gasteiger partial charge in [0, 0.05) is 6.04 Å². The molecule has 0 fully saturated rings. The molecule has 0 spiro atoms. The van der Waals surface area contributed by atoms with Gasteiger partial charge in [-0.1, -0.05) is 58.1 Å². The largest absolute Gasteiger partial charge is 0.311 e. The minimum atomic E-state index is 0.543. The van der Waals surface area contributed by atoms with Crippen LogP contribution >= 0.6 is 0 Å². The summed E-state index contributed by atoms with van der Waals surface area (Å²) in [6.07, 6.45) is 8.09. The second kappa shape index (κ2) is 9.26. The van der Waals surface area contributed by atoms with E-state index in [0.29, 0.717) is 6.04 Å². The lowest BCUT2D eigenvalue weighted by Crippen LogP contribution is -2.29. The molecule has 1 unspecified atom stereocenters. The summed E-state index contributed by atoms with van der Waals surface area (Å²) in [6.45, 7) is 11.6. The Morgan fingerprint density at radius 2 is 1.79 bits per heavy atom. The van der Waals surface area contributed by atoms with E-state index < -0.39 is 0 Å². The molecule has 0 saturated carbocycles. The fraction of sp³-hybridized carbons (Fsp3) is 0.846. The highest BCUT2D eigenvalue weighted by Gasteiger charge is 2.06. The quantitative estimate of drug-likeness (QED) is 0.436. The Kier molecular flexibility index (Phi) is 9.06. The number of hydrogen-bond donors (Lipinski definition) is 1. The van der Waals surface area contributed by atoms with Crippen LogP contribution in [0.4, 0.5) is 0 Å². The summed E-state index contributed by atoms with van der Waals surface area (Å²) in [6, 6.07) is 0.543. The molecule has 84 valence electrons. The van der Waals surface area contributed by atoms with E-state index in [4.69, 9.17) is 0 Å². The van der Waals surface area contributed by atoms with Crippen molar-refractivity contribution in [1.29, 1.82) is 0 Å². The van der Waals surface area contributed by atoms with E-state index in [2.05, 4.69) is 32.7 Å². The number of nitrogens with one attached hydrogen (secondary N) is 1. The maximum atomic E-state index is 4.03. The minimum absolute atomic E-state index is 0.543. The average Bonchev–Trinajstić information content (AvgIpc) is 2.15. The van der Waals surface area contributed by atoms with Gasteiger partial charge in [-0.25, -0.2) is 0 Å².